The van der Waals surface area contributed by atoms with Crippen LogP contribution in [0.5, 0.6) is 0 Å². The van der Waals surface area contributed by atoms with Gasteiger partial charge in [-0.3, -0.25) is 0 Å². The van der Waals surface area contributed by atoms with Crippen molar-refractivity contribution in [1.82, 2.24) is 0 Å². The Balaban J connectivity index is 2.66. The maximum Gasteiger partial charge on any atom is 0.336 e. The van der Waals surface area contributed by atoms with Gasteiger partial charge in [-0.25, -0.2) is 4.79 Å². The molecule has 0 fully saturated rings. The van der Waals surface area contributed by atoms with Crippen LogP contribution in [0.2, 0.25) is 0 Å². The summed E-state index contributed by atoms with van der Waals surface area (Å²) in [6.45, 7) is 3.92. The van der Waals surface area contributed by atoms with E-state index in [1.54, 1.807) is 12.3 Å². The van der Waals surface area contributed by atoms with E-state index >= 15 is 0 Å². The molecule has 2 aromatic heterocycles. The molecule has 0 N–H and O–H groups in total. The van der Waals surface area contributed by atoms with Crippen LogP contribution in [-0.4, -0.2) is 0 Å². The summed E-state index contributed by atoms with van der Waals surface area (Å²) in [7, 11) is 0. The Morgan fingerprint density at radius 3 is 2.75 bits per heavy atom. The second-order valence-electron chi connectivity index (χ2n) is 3.96. The lowest BCUT2D eigenvalue weighted by Gasteiger charge is -2.04. The summed E-state index contributed by atoms with van der Waals surface area (Å²) in [5.74, 6) is 0. The van der Waals surface area contributed by atoms with Gasteiger partial charge in [-0.15, -0.1) is 0 Å². The Morgan fingerprint density at radius 1 is 1.12 bits per heavy atom. The van der Waals surface area contributed by atoms with Crippen molar-refractivity contribution in [3.63, 3.8) is 0 Å². The van der Waals surface area contributed by atoms with Gasteiger partial charge in [-0.2, -0.15) is 0 Å². The summed E-state index contributed by atoms with van der Waals surface area (Å²) < 4.78 is 10.5. The molecule has 0 saturated heterocycles. The minimum atomic E-state index is -0.324. The van der Waals surface area contributed by atoms with Crippen LogP contribution in [0, 0.1) is 13.8 Å². The first-order chi connectivity index (χ1) is 7.66. The molecule has 0 unspecified atom stereocenters. The monoisotopic (exact) mass is 214 g/mol. The first kappa shape index (κ1) is 9.21. The van der Waals surface area contributed by atoms with Gasteiger partial charge in [0, 0.05) is 22.9 Å². The maximum atomic E-state index is 11.3. The Kier molecular flexibility index (Phi) is 1.72. The zero-order chi connectivity index (χ0) is 11.3. The summed E-state index contributed by atoms with van der Waals surface area (Å²) in [5, 5.41) is 2.05. The van der Waals surface area contributed by atoms with E-state index in [1.807, 2.05) is 19.9 Å². The average molecular weight is 214 g/mol. The number of fused-ring (bicyclic) bond motifs is 2. The van der Waals surface area contributed by atoms with Crippen LogP contribution in [0.1, 0.15) is 11.1 Å². The second-order valence-corrected chi connectivity index (χ2v) is 3.96. The summed E-state index contributed by atoms with van der Waals surface area (Å²) in [5.41, 5.74) is 3.04. The molecule has 0 bridgehead atoms. The van der Waals surface area contributed by atoms with E-state index in [0.717, 1.165) is 27.5 Å². The SMILES string of the molecule is Cc1cc(=O)oc2cc3occc3c(C)c12. The second kappa shape index (κ2) is 2.98. The van der Waals surface area contributed by atoms with Gasteiger partial charge >= 0.3 is 5.63 Å². The minimum absolute atomic E-state index is 0.324. The first-order valence-electron chi connectivity index (χ1n) is 5.08. The topological polar surface area (TPSA) is 43.4 Å². The molecule has 2 heterocycles. The molecule has 16 heavy (non-hydrogen) atoms. The van der Waals surface area contributed by atoms with Gasteiger partial charge in [0.15, 0.2) is 0 Å². The summed E-state index contributed by atoms with van der Waals surface area (Å²) in [4.78, 5) is 11.3. The van der Waals surface area contributed by atoms with Crippen molar-refractivity contribution in [1.29, 1.82) is 0 Å². The van der Waals surface area contributed by atoms with Crippen molar-refractivity contribution in [3.05, 3.63) is 46.0 Å². The maximum absolute atomic E-state index is 11.3. The van der Waals surface area contributed by atoms with Crippen molar-refractivity contribution < 1.29 is 8.83 Å². The highest BCUT2D eigenvalue weighted by Crippen LogP contribution is 2.29. The number of hydrogen-bond donors (Lipinski definition) is 0. The molecular formula is C13H10O3. The van der Waals surface area contributed by atoms with Crippen LogP contribution in [0.4, 0.5) is 0 Å². The molecule has 1 aromatic carbocycles. The lowest BCUT2D eigenvalue weighted by molar-refractivity contribution is 0.558. The fourth-order valence-electron chi connectivity index (χ4n) is 2.21. The molecule has 3 nitrogen and oxygen atoms in total. The molecule has 0 spiro atoms. The average Bonchev–Trinajstić information content (AvgIpc) is 2.64. The third-order valence-electron chi connectivity index (χ3n) is 2.92. The van der Waals surface area contributed by atoms with Gasteiger partial charge in [0.05, 0.1) is 6.26 Å². The van der Waals surface area contributed by atoms with Crippen molar-refractivity contribution in [2.75, 3.05) is 0 Å². The van der Waals surface area contributed by atoms with E-state index in [0.29, 0.717) is 5.58 Å². The van der Waals surface area contributed by atoms with Crippen LogP contribution in [0.15, 0.2) is 38.1 Å². The van der Waals surface area contributed by atoms with E-state index < -0.39 is 0 Å². The standard InChI is InChI=1S/C13H10O3/c1-7-5-12(14)16-11-6-10-9(3-4-15-10)8(2)13(7)11/h3-6H,1-2H3. The van der Waals surface area contributed by atoms with Crippen molar-refractivity contribution in [2.45, 2.75) is 13.8 Å². The molecule has 80 valence electrons. The van der Waals surface area contributed by atoms with Gasteiger partial charge in [-0.1, -0.05) is 0 Å². The van der Waals surface area contributed by atoms with E-state index in [1.165, 1.54) is 6.07 Å². The van der Waals surface area contributed by atoms with E-state index in [9.17, 15) is 4.79 Å². The predicted octanol–water partition coefficient (Wildman–Crippen LogP) is 3.16. The Labute approximate surface area is 91.3 Å². The number of hydrogen-bond acceptors (Lipinski definition) is 3. The number of benzene rings is 1. The van der Waals surface area contributed by atoms with Crippen molar-refractivity contribution in [3.8, 4) is 0 Å². The lowest BCUT2D eigenvalue weighted by atomic mass is 10.0. The van der Waals surface area contributed by atoms with Crippen molar-refractivity contribution in [2.24, 2.45) is 0 Å². The number of rotatable bonds is 0. The molecule has 0 amide bonds. The number of furan rings is 1. The predicted molar refractivity (Wildman–Crippen MR) is 61.7 cm³/mol. The Morgan fingerprint density at radius 2 is 1.94 bits per heavy atom. The van der Waals surface area contributed by atoms with E-state index in [2.05, 4.69) is 0 Å². The summed E-state index contributed by atoms with van der Waals surface area (Å²) in [6.07, 6.45) is 1.64. The fourth-order valence-corrected chi connectivity index (χ4v) is 2.21. The third-order valence-corrected chi connectivity index (χ3v) is 2.92. The first-order valence-corrected chi connectivity index (χ1v) is 5.08. The van der Waals surface area contributed by atoms with Crippen LogP contribution >= 0.6 is 0 Å². The highest BCUT2D eigenvalue weighted by molar-refractivity contribution is 5.98. The summed E-state index contributed by atoms with van der Waals surface area (Å²) in [6, 6.07) is 5.21. The van der Waals surface area contributed by atoms with Crippen LogP contribution in [0.3, 0.4) is 0 Å². The zero-order valence-electron chi connectivity index (χ0n) is 9.03. The van der Waals surface area contributed by atoms with Gasteiger partial charge in [0.25, 0.3) is 0 Å². The quantitative estimate of drug-likeness (QED) is 0.540. The van der Waals surface area contributed by atoms with Crippen LogP contribution < -0.4 is 5.63 Å². The molecule has 0 aliphatic heterocycles. The molecule has 0 aliphatic rings. The van der Waals surface area contributed by atoms with Gasteiger partial charge in [0.2, 0.25) is 0 Å². The molecule has 0 atom stereocenters. The molecule has 3 aromatic rings. The highest BCUT2D eigenvalue weighted by Gasteiger charge is 2.10. The minimum Gasteiger partial charge on any atom is -0.464 e. The Bertz CT molecular complexity index is 747. The molecule has 0 saturated carbocycles. The van der Waals surface area contributed by atoms with Gasteiger partial charge < -0.3 is 8.83 Å². The zero-order valence-corrected chi connectivity index (χ0v) is 9.03. The molecule has 0 radical (unpaired) electrons. The van der Waals surface area contributed by atoms with Crippen LogP contribution in [-0.2, 0) is 0 Å². The van der Waals surface area contributed by atoms with E-state index in [4.69, 9.17) is 8.83 Å². The van der Waals surface area contributed by atoms with Crippen LogP contribution in [0.25, 0.3) is 21.9 Å². The fraction of sp³-hybridized carbons (Fsp3) is 0.154. The van der Waals surface area contributed by atoms with Gasteiger partial charge in [0.1, 0.15) is 11.2 Å². The highest BCUT2D eigenvalue weighted by atomic mass is 16.4. The van der Waals surface area contributed by atoms with Crippen molar-refractivity contribution >= 4 is 21.9 Å². The largest absolute Gasteiger partial charge is 0.464 e. The molecule has 0 aliphatic carbocycles. The number of aryl methyl sites for hydroxylation is 2. The molecule has 3 heteroatoms. The van der Waals surface area contributed by atoms with E-state index in [-0.39, 0.29) is 5.63 Å². The summed E-state index contributed by atoms with van der Waals surface area (Å²) >= 11 is 0. The van der Waals surface area contributed by atoms with Gasteiger partial charge in [-0.05, 0) is 31.0 Å². The molecular weight excluding hydrogens is 204 g/mol. The Hall–Kier alpha value is -2.03. The third kappa shape index (κ3) is 1.11. The molecule has 3 rings (SSSR count). The lowest BCUT2D eigenvalue weighted by Crippen LogP contribution is -1.98. The smallest absolute Gasteiger partial charge is 0.336 e. The normalized spacial score (nSPS) is 11.4.